The topological polar surface area (TPSA) is 21.3 Å². The summed E-state index contributed by atoms with van der Waals surface area (Å²) in [5.41, 5.74) is 20.5. The van der Waals surface area contributed by atoms with Gasteiger partial charge in [-0.25, -0.2) is 0 Å². The zero-order valence-electron chi connectivity index (χ0n) is 41.2. The van der Waals surface area contributed by atoms with Crippen molar-refractivity contribution in [2.45, 2.75) is 87.9 Å². The van der Waals surface area contributed by atoms with E-state index in [1.165, 1.54) is 180 Å². The van der Waals surface area contributed by atoms with Gasteiger partial charge in [0.15, 0.2) is 0 Å². The van der Waals surface area contributed by atoms with Crippen LogP contribution in [-0.2, 0) is 10.8 Å². The van der Waals surface area contributed by atoms with Crippen molar-refractivity contribution in [2.24, 2.45) is 35.5 Å². The lowest BCUT2D eigenvalue weighted by atomic mass is 9.42. The molecule has 352 valence electrons. The molecule has 8 aliphatic carbocycles. The number of nitrogens with zero attached hydrogens (tertiary/aromatic N) is 2. The molecule has 0 spiro atoms. The first-order valence-electron chi connectivity index (χ1n) is 28.0. The lowest BCUT2D eigenvalue weighted by Gasteiger charge is -2.57. The molecule has 0 radical (unpaired) electrons. The van der Waals surface area contributed by atoms with Crippen molar-refractivity contribution in [1.29, 1.82) is 0 Å². The molecule has 11 aromatic rings. The maximum absolute atomic E-state index is 6.89. The fraction of sp³-hybridized carbons (Fsp3) is 0.294. The molecular formula is C68H55BN2OS. The Balaban J connectivity index is 0.956. The molecule has 8 aromatic carbocycles. The van der Waals surface area contributed by atoms with E-state index in [2.05, 4.69) is 161 Å². The van der Waals surface area contributed by atoms with Crippen molar-refractivity contribution >= 4 is 104 Å². The van der Waals surface area contributed by atoms with Crippen LogP contribution in [0.3, 0.4) is 0 Å². The zero-order chi connectivity index (χ0) is 47.1. The molecule has 73 heavy (non-hydrogen) atoms. The van der Waals surface area contributed by atoms with Gasteiger partial charge in [0, 0.05) is 76.0 Å². The average Bonchev–Trinajstić information content (AvgIpc) is 4.09. The number of thiophene rings is 1. The van der Waals surface area contributed by atoms with E-state index in [0.717, 1.165) is 46.7 Å². The van der Waals surface area contributed by atoms with Gasteiger partial charge in [-0.2, -0.15) is 0 Å². The summed E-state index contributed by atoms with van der Waals surface area (Å²) < 4.78 is 12.4. The van der Waals surface area contributed by atoms with E-state index < -0.39 is 0 Å². The predicted molar refractivity (Wildman–Crippen MR) is 305 cm³/mol. The Morgan fingerprint density at radius 2 is 1.11 bits per heavy atom. The minimum absolute atomic E-state index is 0.0627. The van der Waals surface area contributed by atoms with Gasteiger partial charge in [-0.05, 0) is 211 Å². The van der Waals surface area contributed by atoms with Crippen molar-refractivity contribution in [3.63, 3.8) is 0 Å². The number of benzene rings is 8. The maximum atomic E-state index is 6.89. The first kappa shape index (κ1) is 39.9. The van der Waals surface area contributed by atoms with Crippen molar-refractivity contribution in [3.8, 4) is 27.9 Å². The number of fused-ring (bicyclic) bond motifs is 14. The van der Waals surface area contributed by atoms with Crippen molar-refractivity contribution in [3.05, 3.63) is 163 Å². The monoisotopic (exact) mass is 958 g/mol. The second-order valence-corrected chi connectivity index (χ2v) is 26.3. The van der Waals surface area contributed by atoms with Crippen molar-refractivity contribution < 1.29 is 4.42 Å². The molecular weight excluding hydrogens is 904 g/mol. The highest BCUT2D eigenvalue weighted by Gasteiger charge is 2.54. The van der Waals surface area contributed by atoms with Crippen LogP contribution in [0.4, 0.5) is 11.4 Å². The molecule has 0 unspecified atom stereocenters. The fourth-order valence-corrected chi connectivity index (χ4v) is 20.5. The van der Waals surface area contributed by atoms with Gasteiger partial charge in [0.1, 0.15) is 11.2 Å². The number of aromatic nitrogens is 1. The second kappa shape index (κ2) is 13.8. The van der Waals surface area contributed by atoms with E-state index in [0.29, 0.717) is 5.41 Å². The van der Waals surface area contributed by atoms with Crippen LogP contribution < -0.4 is 15.7 Å². The number of para-hydroxylation sites is 1. The van der Waals surface area contributed by atoms with Gasteiger partial charge in [0.25, 0.3) is 0 Å². The van der Waals surface area contributed by atoms with Gasteiger partial charge in [-0.3, -0.25) is 0 Å². The summed E-state index contributed by atoms with van der Waals surface area (Å²) in [6.45, 7) is -0.0627. The zero-order valence-corrected chi connectivity index (χ0v) is 42.0. The van der Waals surface area contributed by atoms with Gasteiger partial charge >= 0.3 is 6.85 Å². The Labute approximate surface area is 429 Å². The van der Waals surface area contributed by atoms with E-state index in [-0.39, 0.29) is 12.3 Å². The molecule has 5 heteroatoms. The third-order valence-electron chi connectivity index (χ3n) is 21.2. The van der Waals surface area contributed by atoms with Crippen LogP contribution in [-0.4, -0.2) is 11.4 Å². The first-order valence-corrected chi connectivity index (χ1v) is 28.8. The highest BCUT2D eigenvalue weighted by atomic mass is 32.1. The minimum atomic E-state index is -0.0627. The molecule has 2 aliphatic heterocycles. The molecule has 8 bridgehead atoms. The van der Waals surface area contributed by atoms with Gasteiger partial charge in [-0.1, -0.05) is 91.0 Å². The summed E-state index contributed by atoms with van der Waals surface area (Å²) in [5.74, 6) is 5.31. The van der Waals surface area contributed by atoms with Gasteiger partial charge < -0.3 is 13.8 Å². The lowest BCUT2D eigenvalue weighted by molar-refractivity contribution is -0.00526. The first-order chi connectivity index (χ1) is 36.0. The molecule has 8 fully saturated rings. The second-order valence-electron chi connectivity index (χ2n) is 25.2. The summed E-state index contributed by atoms with van der Waals surface area (Å²) in [6.07, 6.45) is 17.0. The molecule has 10 aliphatic rings. The Morgan fingerprint density at radius 3 is 1.84 bits per heavy atom. The summed E-state index contributed by atoms with van der Waals surface area (Å²) >= 11 is 1.99. The van der Waals surface area contributed by atoms with E-state index in [1.807, 2.05) is 11.3 Å². The Kier molecular flexibility index (Phi) is 7.53. The van der Waals surface area contributed by atoms with Gasteiger partial charge in [0.05, 0.1) is 11.0 Å². The number of hydrogen-bond donors (Lipinski definition) is 0. The smallest absolute Gasteiger partial charge is 0.333 e. The SMILES string of the molecule is c1ccc(-c2ccc(N3B4c5c(cc6c(sc7ccccc76)c5-c5cc6c(cc53)oc3ccccc36)-n3c5ccc(C67CC8CC(CC(C8)C6)C7)cc5c5cc(C67CC8CC(CC(C8)C6)C7)cc4c53)cc2)cc1. The molecule has 21 rings (SSSR count). The normalized spacial score (nSPS) is 27.9. The summed E-state index contributed by atoms with van der Waals surface area (Å²) in [6, 6.07) is 59.5. The number of furan rings is 1. The predicted octanol–water partition coefficient (Wildman–Crippen LogP) is 16.9. The number of rotatable bonds is 4. The quantitative estimate of drug-likeness (QED) is 0.164. The lowest BCUT2D eigenvalue weighted by Crippen LogP contribution is -2.61. The van der Waals surface area contributed by atoms with Gasteiger partial charge in [-0.15, -0.1) is 11.3 Å². The highest BCUT2D eigenvalue weighted by Crippen LogP contribution is 2.63. The molecule has 5 heterocycles. The third-order valence-corrected chi connectivity index (χ3v) is 22.4. The van der Waals surface area contributed by atoms with Crippen LogP contribution in [0, 0.1) is 35.5 Å². The number of anilines is 2. The molecule has 0 saturated heterocycles. The third kappa shape index (κ3) is 5.23. The molecule has 3 aromatic heterocycles. The molecule has 8 saturated carbocycles. The van der Waals surface area contributed by atoms with Crippen LogP contribution in [0.1, 0.15) is 88.2 Å². The molecule has 3 nitrogen and oxygen atoms in total. The van der Waals surface area contributed by atoms with Gasteiger partial charge in [0.2, 0.25) is 0 Å². The Morgan fingerprint density at radius 1 is 0.479 bits per heavy atom. The van der Waals surface area contributed by atoms with E-state index in [1.54, 1.807) is 11.1 Å². The van der Waals surface area contributed by atoms with Crippen LogP contribution in [0.25, 0.3) is 91.9 Å². The van der Waals surface area contributed by atoms with Crippen molar-refractivity contribution in [1.82, 2.24) is 4.57 Å². The molecule has 0 atom stereocenters. The summed E-state index contributed by atoms with van der Waals surface area (Å²) in [4.78, 5) is 2.77. The van der Waals surface area contributed by atoms with Crippen molar-refractivity contribution in [2.75, 3.05) is 4.81 Å². The van der Waals surface area contributed by atoms with E-state index in [9.17, 15) is 0 Å². The Hall–Kier alpha value is -6.56. The summed E-state index contributed by atoms with van der Waals surface area (Å²) in [5, 5.41) is 8.06. The summed E-state index contributed by atoms with van der Waals surface area (Å²) in [7, 11) is 0. The largest absolute Gasteiger partial charge is 0.456 e. The molecule has 0 N–H and O–H groups in total. The van der Waals surface area contributed by atoms with Crippen LogP contribution in [0.2, 0.25) is 0 Å². The number of hydrogen-bond acceptors (Lipinski definition) is 3. The van der Waals surface area contributed by atoms with E-state index >= 15 is 0 Å². The fourth-order valence-electron chi connectivity index (χ4n) is 19.2. The van der Waals surface area contributed by atoms with Crippen LogP contribution in [0.15, 0.2) is 156 Å². The average molecular weight is 959 g/mol. The molecule has 0 amide bonds. The standard InChI is InChI=1S/C68H55BN2OS/c1-2-8-44(9-3-1)45-14-17-48(18-15-45)71-58-31-61-52(49-10-4-6-12-60(49)72-61)29-55(58)63-64-59(30-54-50-11-5-7-13-62(50)73-66(54)63)70-57-19-16-46(67-32-38-20-39(33-67)22-40(21-38)34-67)26-51(57)53-27-47(28-56(65(53)70)69(64)71)68-35-41-23-42(36-68)25-43(24-41)37-68/h1-19,26-31,38-43H,20-25,32-37H2. The van der Waals surface area contributed by atoms with E-state index in [4.69, 9.17) is 4.42 Å². The minimum Gasteiger partial charge on any atom is -0.456 e. The van der Waals surface area contributed by atoms with Crippen LogP contribution >= 0.6 is 11.3 Å². The van der Waals surface area contributed by atoms with Crippen LogP contribution in [0.5, 0.6) is 0 Å². The maximum Gasteiger partial charge on any atom is 0.333 e. The Bertz CT molecular complexity index is 4180. The highest BCUT2D eigenvalue weighted by molar-refractivity contribution is 7.26.